The molecule has 0 radical (unpaired) electrons. The van der Waals surface area contributed by atoms with Gasteiger partial charge >= 0.3 is 0 Å². The molecule has 0 saturated carbocycles. The van der Waals surface area contributed by atoms with E-state index in [1.54, 1.807) is 0 Å². The molecule has 0 fully saturated rings. The smallest absolute Gasteiger partial charge is 0.159 e. The first kappa shape index (κ1) is 17.3. The van der Waals surface area contributed by atoms with Crippen molar-refractivity contribution in [3.8, 4) is 0 Å². The molecule has 0 atom stereocenters. The maximum Gasteiger partial charge on any atom is 0.159 e. The highest BCUT2D eigenvalue weighted by molar-refractivity contribution is 6.31. The first-order valence-electron chi connectivity index (χ1n) is 7.65. The van der Waals surface area contributed by atoms with Gasteiger partial charge in [0, 0.05) is 22.3 Å². The zero-order valence-corrected chi connectivity index (χ0v) is 15.1. The summed E-state index contributed by atoms with van der Waals surface area (Å²) in [4.78, 5) is 8.40. The van der Waals surface area contributed by atoms with Gasteiger partial charge < -0.3 is 16.4 Å². The van der Waals surface area contributed by atoms with Crippen molar-refractivity contribution >= 4 is 46.2 Å². The van der Waals surface area contributed by atoms with Crippen molar-refractivity contribution in [2.45, 2.75) is 13.5 Å². The van der Waals surface area contributed by atoms with Crippen LogP contribution < -0.4 is 16.4 Å². The molecule has 3 rings (SSSR count). The molecule has 0 bridgehead atoms. The molecule has 3 aromatic rings. The summed E-state index contributed by atoms with van der Waals surface area (Å²) < 4.78 is 0. The molecular formula is C18H17Cl2N5. The van der Waals surface area contributed by atoms with E-state index in [1.165, 1.54) is 6.33 Å². The molecule has 128 valence electrons. The van der Waals surface area contributed by atoms with E-state index >= 15 is 0 Å². The molecule has 7 heteroatoms. The Morgan fingerprint density at radius 2 is 1.76 bits per heavy atom. The number of halogens is 2. The Hall–Kier alpha value is -2.50. The zero-order chi connectivity index (χ0) is 17.8. The number of aromatic nitrogens is 2. The molecule has 0 spiro atoms. The Balaban J connectivity index is 1.77. The average Bonchev–Trinajstić information content (AvgIpc) is 2.60. The van der Waals surface area contributed by atoms with Crippen LogP contribution in [0.15, 0.2) is 48.8 Å². The Morgan fingerprint density at radius 1 is 1.00 bits per heavy atom. The van der Waals surface area contributed by atoms with E-state index in [0.717, 1.165) is 16.8 Å². The number of nitrogen functional groups attached to an aromatic ring is 1. The minimum absolute atomic E-state index is 0.422. The van der Waals surface area contributed by atoms with Gasteiger partial charge in [-0.25, -0.2) is 9.97 Å². The van der Waals surface area contributed by atoms with Crippen LogP contribution in [0.4, 0.5) is 23.0 Å². The van der Waals surface area contributed by atoms with E-state index in [4.69, 9.17) is 28.9 Å². The molecule has 0 aliphatic rings. The second-order valence-electron chi connectivity index (χ2n) is 5.52. The summed E-state index contributed by atoms with van der Waals surface area (Å²) in [6.45, 7) is 2.46. The Kier molecular flexibility index (Phi) is 5.26. The third kappa shape index (κ3) is 4.13. The summed E-state index contributed by atoms with van der Waals surface area (Å²) in [6.07, 6.45) is 1.45. The molecule has 1 heterocycles. The van der Waals surface area contributed by atoms with Gasteiger partial charge in [0.25, 0.3) is 0 Å². The van der Waals surface area contributed by atoms with Gasteiger partial charge in [-0.05, 0) is 36.2 Å². The highest BCUT2D eigenvalue weighted by Crippen LogP contribution is 2.28. The second-order valence-corrected chi connectivity index (χ2v) is 6.33. The van der Waals surface area contributed by atoms with Crippen LogP contribution in [0.3, 0.4) is 0 Å². The fourth-order valence-electron chi connectivity index (χ4n) is 2.26. The van der Waals surface area contributed by atoms with Gasteiger partial charge in [-0.3, -0.25) is 0 Å². The van der Waals surface area contributed by atoms with Crippen LogP contribution in [-0.2, 0) is 6.54 Å². The Bertz CT molecular complexity index is 898. The maximum atomic E-state index is 6.19. The molecule has 1 aromatic heterocycles. The van der Waals surface area contributed by atoms with Crippen LogP contribution in [-0.4, -0.2) is 9.97 Å². The maximum absolute atomic E-state index is 6.19. The van der Waals surface area contributed by atoms with Crippen LogP contribution in [0.25, 0.3) is 0 Å². The SMILES string of the molecule is Cc1ccc(Nc2ncnc(NCc3ccccc3Cl)c2N)cc1Cl. The molecule has 5 nitrogen and oxygen atoms in total. The fourth-order valence-corrected chi connectivity index (χ4v) is 2.65. The van der Waals surface area contributed by atoms with Crippen molar-refractivity contribution in [1.29, 1.82) is 0 Å². The fraction of sp³-hybridized carbons (Fsp3) is 0.111. The highest BCUT2D eigenvalue weighted by atomic mass is 35.5. The van der Waals surface area contributed by atoms with E-state index in [-0.39, 0.29) is 0 Å². The zero-order valence-electron chi connectivity index (χ0n) is 13.6. The number of nitrogens with one attached hydrogen (secondary N) is 2. The summed E-state index contributed by atoms with van der Waals surface area (Å²) in [5.41, 5.74) is 9.38. The molecule has 0 amide bonds. The van der Waals surface area contributed by atoms with E-state index in [0.29, 0.717) is 33.9 Å². The van der Waals surface area contributed by atoms with E-state index in [1.807, 2.05) is 49.4 Å². The number of aryl methyl sites for hydroxylation is 1. The quantitative estimate of drug-likeness (QED) is 0.584. The van der Waals surface area contributed by atoms with Crippen LogP contribution in [0, 0.1) is 6.92 Å². The van der Waals surface area contributed by atoms with Crippen molar-refractivity contribution in [3.63, 3.8) is 0 Å². The van der Waals surface area contributed by atoms with E-state index in [9.17, 15) is 0 Å². The molecule has 25 heavy (non-hydrogen) atoms. The number of hydrogen-bond acceptors (Lipinski definition) is 5. The summed E-state index contributed by atoms with van der Waals surface area (Å²) in [5.74, 6) is 1.05. The molecular weight excluding hydrogens is 357 g/mol. The van der Waals surface area contributed by atoms with Crippen LogP contribution in [0.5, 0.6) is 0 Å². The number of anilines is 4. The second kappa shape index (κ2) is 7.59. The lowest BCUT2D eigenvalue weighted by atomic mass is 10.2. The minimum Gasteiger partial charge on any atom is -0.393 e. The van der Waals surface area contributed by atoms with Gasteiger partial charge in [-0.15, -0.1) is 0 Å². The molecule has 0 saturated heterocycles. The average molecular weight is 374 g/mol. The Morgan fingerprint density at radius 3 is 2.52 bits per heavy atom. The van der Waals surface area contributed by atoms with Crippen LogP contribution in [0.1, 0.15) is 11.1 Å². The first-order valence-corrected chi connectivity index (χ1v) is 8.41. The number of hydrogen-bond donors (Lipinski definition) is 3. The number of nitrogens with zero attached hydrogens (tertiary/aromatic N) is 2. The largest absolute Gasteiger partial charge is 0.393 e. The van der Waals surface area contributed by atoms with E-state index < -0.39 is 0 Å². The minimum atomic E-state index is 0.422. The standard InChI is InChI=1S/C18H17Cl2N5/c1-11-6-7-13(8-15(11)20)25-18-16(21)17(23-10-24-18)22-9-12-4-2-3-5-14(12)19/h2-8,10H,9,21H2,1H3,(H2,22,23,24,25). The molecule has 4 N–H and O–H groups in total. The summed E-state index contributed by atoms with van der Waals surface area (Å²) in [7, 11) is 0. The number of benzene rings is 2. The molecule has 0 aliphatic carbocycles. The molecule has 0 aliphatic heterocycles. The van der Waals surface area contributed by atoms with Gasteiger partial charge in [0.2, 0.25) is 0 Å². The van der Waals surface area contributed by atoms with E-state index in [2.05, 4.69) is 20.6 Å². The van der Waals surface area contributed by atoms with Crippen molar-refractivity contribution in [2.75, 3.05) is 16.4 Å². The van der Waals surface area contributed by atoms with Crippen LogP contribution >= 0.6 is 23.2 Å². The van der Waals surface area contributed by atoms with Gasteiger partial charge in [-0.2, -0.15) is 0 Å². The van der Waals surface area contributed by atoms with Gasteiger partial charge in [0.15, 0.2) is 11.6 Å². The lowest BCUT2D eigenvalue weighted by molar-refractivity contribution is 1.09. The van der Waals surface area contributed by atoms with Crippen molar-refractivity contribution in [3.05, 3.63) is 70.0 Å². The lowest BCUT2D eigenvalue weighted by Gasteiger charge is -2.13. The molecule has 2 aromatic carbocycles. The number of rotatable bonds is 5. The monoisotopic (exact) mass is 373 g/mol. The molecule has 0 unspecified atom stereocenters. The summed E-state index contributed by atoms with van der Waals surface area (Å²) >= 11 is 12.3. The number of nitrogens with two attached hydrogens (primary N) is 1. The predicted octanol–water partition coefficient (Wildman–Crippen LogP) is 5.03. The van der Waals surface area contributed by atoms with Gasteiger partial charge in [0.1, 0.15) is 12.0 Å². The predicted molar refractivity (Wildman–Crippen MR) is 105 cm³/mol. The summed E-state index contributed by atoms with van der Waals surface area (Å²) in [5, 5.41) is 7.72. The van der Waals surface area contributed by atoms with Crippen LogP contribution in [0.2, 0.25) is 10.0 Å². The third-order valence-electron chi connectivity index (χ3n) is 3.72. The topological polar surface area (TPSA) is 75.9 Å². The highest BCUT2D eigenvalue weighted by Gasteiger charge is 2.09. The summed E-state index contributed by atoms with van der Waals surface area (Å²) in [6, 6.07) is 13.3. The normalized spacial score (nSPS) is 10.5. The van der Waals surface area contributed by atoms with Crippen molar-refractivity contribution < 1.29 is 0 Å². The first-order chi connectivity index (χ1) is 12.0. The lowest BCUT2D eigenvalue weighted by Crippen LogP contribution is -2.08. The third-order valence-corrected chi connectivity index (χ3v) is 4.50. The van der Waals surface area contributed by atoms with Gasteiger partial charge in [0.05, 0.1) is 0 Å². The van der Waals surface area contributed by atoms with Crippen molar-refractivity contribution in [1.82, 2.24) is 9.97 Å². The van der Waals surface area contributed by atoms with Crippen molar-refractivity contribution in [2.24, 2.45) is 0 Å². The Labute approximate surface area is 156 Å². The van der Waals surface area contributed by atoms with Gasteiger partial charge in [-0.1, -0.05) is 47.5 Å².